The van der Waals surface area contributed by atoms with Gasteiger partial charge >= 0.3 is 5.97 Å². The molecule has 3 heterocycles. The molecule has 6 N–H and O–H groups in total. The number of aliphatic hydroxyl groups excluding tert-OH is 4. The SMILES string of the molecule is C=CC1C(OC2OC(CO)C(O)C(O)C2O)OC=C(C(=O)O)C1CC1NCCc2cc(OC)c(OC)cc21. The van der Waals surface area contributed by atoms with Crippen molar-refractivity contribution >= 4 is 5.97 Å². The molecule has 1 aromatic carbocycles. The predicted molar refractivity (Wildman–Crippen MR) is 131 cm³/mol. The van der Waals surface area contributed by atoms with Gasteiger partial charge in [0, 0.05) is 17.9 Å². The summed E-state index contributed by atoms with van der Waals surface area (Å²) in [6.45, 7) is 3.92. The van der Waals surface area contributed by atoms with Crippen molar-refractivity contribution in [3.05, 3.63) is 47.7 Å². The molecular weight excluding hydrogens is 502 g/mol. The van der Waals surface area contributed by atoms with Gasteiger partial charge in [-0.15, -0.1) is 6.58 Å². The van der Waals surface area contributed by atoms with Gasteiger partial charge in [0.15, 0.2) is 17.8 Å². The Hall–Kier alpha value is -2.71. The summed E-state index contributed by atoms with van der Waals surface area (Å²) in [5.74, 6) is -1.29. The molecule has 0 radical (unpaired) electrons. The van der Waals surface area contributed by atoms with E-state index in [2.05, 4.69) is 11.9 Å². The van der Waals surface area contributed by atoms with Crippen molar-refractivity contribution in [2.75, 3.05) is 27.4 Å². The molecule has 1 fully saturated rings. The second kappa shape index (κ2) is 12.0. The van der Waals surface area contributed by atoms with E-state index < -0.39 is 61.4 Å². The summed E-state index contributed by atoms with van der Waals surface area (Å²) in [5, 5.41) is 53.5. The third-order valence-electron chi connectivity index (χ3n) is 7.44. The molecule has 210 valence electrons. The van der Waals surface area contributed by atoms with E-state index in [1.807, 2.05) is 12.1 Å². The number of carboxylic acid groups (broad SMARTS) is 1. The molecular formula is C26H35NO11. The summed E-state index contributed by atoms with van der Waals surface area (Å²) in [5.41, 5.74) is 2.04. The number of methoxy groups -OCH3 is 2. The number of carboxylic acids is 1. The Balaban J connectivity index is 1.61. The molecule has 0 saturated carbocycles. The summed E-state index contributed by atoms with van der Waals surface area (Å²) in [6.07, 6.45) is -4.83. The van der Waals surface area contributed by atoms with Crippen LogP contribution in [0.3, 0.4) is 0 Å². The number of fused-ring (bicyclic) bond motifs is 1. The van der Waals surface area contributed by atoms with Crippen LogP contribution in [0.25, 0.3) is 0 Å². The molecule has 3 aliphatic heterocycles. The Bertz CT molecular complexity index is 1040. The van der Waals surface area contributed by atoms with Gasteiger partial charge in [-0.2, -0.15) is 0 Å². The lowest BCUT2D eigenvalue weighted by atomic mass is 9.77. The predicted octanol–water partition coefficient (Wildman–Crippen LogP) is -0.160. The minimum absolute atomic E-state index is 0.0259. The maximum Gasteiger partial charge on any atom is 0.334 e. The van der Waals surface area contributed by atoms with E-state index in [0.29, 0.717) is 24.5 Å². The Kier molecular flexibility index (Phi) is 8.93. The summed E-state index contributed by atoms with van der Waals surface area (Å²) < 4.78 is 27.8. The normalized spacial score (nSPS) is 34.9. The van der Waals surface area contributed by atoms with Crippen LogP contribution in [0.5, 0.6) is 11.5 Å². The summed E-state index contributed by atoms with van der Waals surface area (Å²) >= 11 is 0. The van der Waals surface area contributed by atoms with Crippen molar-refractivity contribution in [1.29, 1.82) is 0 Å². The Morgan fingerprint density at radius 2 is 1.84 bits per heavy atom. The second-order valence-corrected chi connectivity index (χ2v) is 9.53. The fraction of sp³-hybridized carbons (Fsp3) is 0.577. The fourth-order valence-corrected chi connectivity index (χ4v) is 5.35. The molecule has 38 heavy (non-hydrogen) atoms. The molecule has 1 saturated heterocycles. The van der Waals surface area contributed by atoms with Crippen molar-refractivity contribution in [3.63, 3.8) is 0 Å². The molecule has 3 aliphatic rings. The number of carbonyl (C=O) groups is 1. The number of benzene rings is 1. The highest BCUT2D eigenvalue weighted by molar-refractivity contribution is 5.87. The molecule has 9 unspecified atom stereocenters. The van der Waals surface area contributed by atoms with Gasteiger partial charge in [0.1, 0.15) is 24.4 Å². The maximum atomic E-state index is 12.2. The van der Waals surface area contributed by atoms with Crippen molar-refractivity contribution < 1.29 is 54.0 Å². The number of nitrogens with one attached hydrogen (secondary N) is 1. The van der Waals surface area contributed by atoms with Gasteiger partial charge < -0.3 is 54.5 Å². The van der Waals surface area contributed by atoms with Crippen LogP contribution in [0, 0.1) is 11.8 Å². The van der Waals surface area contributed by atoms with Gasteiger partial charge in [-0.05, 0) is 42.6 Å². The quantitative estimate of drug-likeness (QED) is 0.230. The average molecular weight is 538 g/mol. The molecule has 0 aromatic heterocycles. The molecule has 1 aromatic rings. The molecule has 12 nitrogen and oxygen atoms in total. The van der Waals surface area contributed by atoms with Gasteiger partial charge in [0.05, 0.1) is 32.7 Å². The van der Waals surface area contributed by atoms with E-state index in [4.69, 9.17) is 23.7 Å². The molecule has 0 spiro atoms. The van der Waals surface area contributed by atoms with Crippen molar-refractivity contribution in [3.8, 4) is 11.5 Å². The van der Waals surface area contributed by atoms with E-state index in [9.17, 15) is 30.3 Å². The lowest BCUT2D eigenvalue weighted by Crippen LogP contribution is -2.60. The van der Waals surface area contributed by atoms with Crippen LogP contribution in [0.2, 0.25) is 0 Å². The number of aliphatic carboxylic acids is 1. The molecule has 12 heteroatoms. The Morgan fingerprint density at radius 1 is 1.13 bits per heavy atom. The van der Waals surface area contributed by atoms with Crippen LogP contribution >= 0.6 is 0 Å². The molecule has 0 bridgehead atoms. The number of ether oxygens (including phenoxy) is 5. The number of aliphatic hydroxyl groups is 4. The number of rotatable bonds is 9. The maximum absolute atomic E-state index is 12.2. The minimum atomic E-state index is -1.64. The highest BCUT2D eigenvalue weighted by atomic mass is 16.8. The summed E-state index contributed by atoms with van der Waals surface area (Å²) in [6, 6.07) is 3.58. The zero-order valence-corrected chi connectivity index (χ0v) is 21.2. The van der Waals surface area contributed by atoms with Crippen LogP contribution in [0.4, 0.5) is 0 Å². The minimum Gasteiger partial charge on any atom is -0.493 e. The largest absolute Gasteiger partial charge is 0.493 e. The van der Waals surface area contributed by atoms with Crippen LogP contribution < -0.4 is 14.8 Å². The number of hydrogen-bond donors (Lipinski definition) is 6. The highest BCUT2D eigenvalue weighted by Gasteiger charge is 2.48. The molecule has 9 atom stereocenters. The van der Waals surface area contributed by atoms with Crippen molar-refractivity contribution in [2.24, 2.45) is 11.8 Å². The lowest BCUT2D eigenvalue weighted by Gasteiger charge is -2.43. The lowest BCUT2D eigenvalue weighted by molar-refractivity contribution is -0.339. The van der Waals surface area contributed by atoms with Crippen LogP contribution in [-0.4, -0.2) is 95.9 Å². The van der Waals surface area contributed by atoms with Gasteiger partial charge in [-0.3, -0.25) is 0 Å². The molecule has 0 aliphatic carbocycles. The monoisotopic (exact) mass is 537 g/mol. The summed E-state index contributed by atoms with van der Waals surface area (Å²) in [4.78, 5) is 12.2. The van der Waals surface area contributed by atoms with E-state index >= 15 is 0 Å². The van der Waals surface area contributed by atoms with Crippen molar-refractivity contribution in [2.45, 2.75) is 55.9 Å². The average Bonchev–Trinajstić information content (AvgIpc) is 2.92. The van der Waals surface area contributed by atoms with E-state index in [1.165, 1.54) is 6.08 Å². The van der Waals surface area contributed by atoms with Crippen LogP contribution in [0.1, 0.15) is 23.6 Å². The molecule has 0 amide bonds. The van der Waals surface area contributed by atoms with Crippen LogP contribution in [0.15, 0.2) is 36.6 Å². The smallest absolute Gasteiger partial charge is 0.334 e. The van der Waals surface area contributed by atoms with Gasteiger partial charge in [0.25, 0.3) is 0 Å². The molecule has 4 rings (SSSR count). The van der Waals surface area contributed by atoms with Gasteiger partial charge in [-0.1, -0.05) is 6.08 Å². The third-order valence-corrected chi connectivity index (χ3v) is 7.44. The first-order valence-electron chi connectivity index (χ1n) is 12.4. The van der Waals surface area contributed by atoms with Gasteiger partial charge in [0.2, 0.25) is 6.29 Å². The van der Waals surface area contributed by atoms with Gasteiger partial charge in [-0.25, -0.2) is 4.79 Å². The van der Waals surface area contributed by atoms with E-state index in [0.717, 1.165) is 23.8 Å². The standard InChI is InChI=1S/C26H35NO11/c1-4-13-15(8-17-14-9-19(35-3)18(34-2)7-12(14)5-6-27-17)16(24(32)33)11-36-25(13)38-26-23(31)22(30)21(29)20(10-28)37-26/h4,7,9,11,13,15,17,20-23,25-31H,1,5-6,8,10H2,2-3H3,(H,32,33). The first kappa shape index (κ1) is 28.3. The van der Waals surface area contributed by atoms with E-state index in [1.54, 1.807) is 14.2 Å². The van der Waals surface area contributed by atoms with Crippen molar-refractivity contribution in [1.82, 2.24) is 5.32 Å². The number of hydrogen-bond acceptors (Lipinski definition) is 11. The zero-order chi connectivity index (χ0) is 27.6. The first-order valence-corrected chi connectivity index (χ1v) is 12.4. The Labute approximate surface area is 220 Å². The topological polar surface area (TPSA) is 176 Å². The Morgan fingerprint density at radius 3 is 2.47 bits per heavy atom. The van der Waals surface area contributed by atoms with E-state index in [-0.39, 0.29) is 11.6 Å². The fourth-order valence-electron chi connectivity index (χ4n) is 5.35. The zero-order valence-electron chi connectivity index (χ0n) is 21.2. The van der Waals surface area contributed by atoms with Crippen LogP contribution in [-0.2, 0) is 25.4 Å². The summed E-state index contributed by atoms with van der Waals surface area (Å²) in [7, 11) is 3.12. The first-order chi connectivity index (χ1) is 18.2. The highest BCUT2D eigenvalue weighted by Crippen LogP contribution is 2.42. The second-order valence-electron chi connectivity index (χ2n) is 9.53. The third kappa shape index (κ3) is 5.38.